The summed E-state index contributed by atoms with van der Waals surface area (Å²) >= 11 is 0. The van der Waals surface area contributed by atoms with Crippen molar-refractivity contribution in [2.75, 3.05) is 19.7 Å². The summed E-state index contributed by atoms with van der Waals surface area (Å²) in [6, 6.07) is 34.2. The van der Waals surface area contributed by atoms with E-state index < -0.39 is 0 Å². The molecule has 0 saturated heterocycles. The van der Waals surface area contributed by atoms with Crippen molar-refractivity contribution in [3.05, 3.63) is 143 Å². The first kappa shape index (κ1) is 64.7. The number of hydrogen-bond acceptors (Lipinski definition) is 20. The van der Waals surface area contributed by atoms with Gasteiger partial charge in [-0.25, -0.2) is 48.5 Å². The molecule has 1 aliphatic rings. The van der Waals surface area contributed by atoms with E-state index >= 15 is 0 Å². The van der Waals surface area contributed by atoms with Crippen LogP contribution < -0.4 is 9.47 Å². The highest BCUT2D eigenvalue weighted by Gasteiger charge is 2.41. The van der Waals surface area contributed by atoms with Crippen LogP contribution in [0.1, 0.15) is 93.5 Å². The van der Waals surface area contributed by atoms with Gasteiger partial charge in [0.2, 0.25) is 42.6 Å². The molecule has 20 nitrogen and oxygen atoms in total. The zero-order valence-corrected chi connectivity index (χ0v) is 44.1. The van der Waals surface area contributed by atoms with Crippen LogP contribution in [0.2, 0.25) is 0 Å². The summed E-state index contributed by atoms with van der Waals surface area (Å²) in [5.74, 6) is 1.06. The highest BCUT2D eigenvalue weighted by atomic mass is 16.5. The zero-order chi connectivity index (χ0) is 58.0. The van der Waals surface area contributed by atoms with Crippen molar-refractivity contribution >= 4 is 65.3 Å². The molecule has 20 heteroatoms. The van der Waals surface area contributed by atoms with Crippen LogP contribution in [0, 0.1) is 52.3 Å². The number of nitriles is 3. The smallest absolute Gasteiger partial charge is 0.292 e. The number of hydrogen-bond donors (Lipinski definition) is 0. The van der Waals surface area contributed by atoms with Crippen LogP contribution in [0.25, 0.3) is 0 Å². The molecular formula is C59H56N10O10. The molecule has 0 N–H and O–H groups in total. The molecule has 0 heterocycles. The Morgan fingerprint density at radius 1 is 0.506 bits per heavy atom. The molecule has 6 rings (SSSR count). The Kier molecular flexibility index (Phi) is 31.3. The van der Waals surface area contributed by atoms with Gasteiger partial charge in [0, 0.05) is 0 Å². The average molecular weight is 1070 g/mol. The molecule has 0 radical (unpaired) electrons. The van der Waals surface area contributed by atoms with E-state index in [1.54, 1.807) is 105 Å². The van der Waals surface area contributed by atoms with E-state index in [2.05, 4.69) is 60.5 Å². The van der Waals surface area contributed by atoms with E-state index in [4.69, 9.17) is 25.3 Å². The second kappa shape index (κ2) is 38.2. The lowest BCUT2D eigenvalue weighted by molar-refractivity contribution is 0.0915. The lowest BCUT2D eigenvalue weighted by atomic mass is 9.63. The van der Waals surface area contributed by atoms with E-state index in [1.807, 2.05) is 48.5 Å². The van der Waals surface area contributed by atoms with Crippen LogP contribution in [0.4, 0.5) is 22.7 Å². The van der Waals surface area contributed by atoms with Crippen LogP contribution in [0.3, 0.4) is 0 Å². The van der Waals surface area contributed by atoms with E-state index in [9.17, 15) is 33.6 Å². The first-order valence-corrected chi connectivity index (χ1v) is 24.3. The quantitative estimate of drug-likeness (QED) is 0.0303. The van der Waals surface area contributed by atoms with Gasteiger partial charge in [0.05, 0.1) is 41.9 Å². The first-order valence-electron chi connectivity index (χ1n) is 24.3. The topological polar surface area (TPSA) is 305 Å². The number of ether oxygens (including phenoxy) is 3. The Morgan fingerprint density at radius 2 is 0.962 bits per heavy atom. The van der Waals surface area contributed by atoms with Gasteiger partial charge in [-0.1, -0.05) is 75.7 Å². The fourth-order valence-corrected chi connectivity index (χ4v) is 8.24. The summed E-state index contributed by atoms with van der Waals surface area (Å²) in [6.45, 7) is 9.67. The molecule has 1 saturated carbocycles. The Hall–Kier alpha value is -10.4. The van der Waals surface area contributed by atoms with Crippen molar-refractivity contribution in [3.63, 3.8) is 0 Å². The van der Waals surface area contributed by atoms with Gasteiger partial charge in [-0.15, -0.1) is 10.5 Å². The van der Waals surface area contributed by atoms with E-state index in [1.165, 1.54) is 30.4 Å². The number of isocyanates is 7. The largest absolute Gasteiger partial charge is 0.428 e. The maximum Gasteiger partial charge on any atom is 0.292 e. The zero-order valence-electron chi connectivity index (χ0n) is 44.1. The standard InChI is InChI=1S/2C15H10N2O2.C12H18N2O2.C9H6N2O2.C8H12N2O2/c2*16-10-19-15-7-3-13(4-8-15)9-12-1-5-14(6-2-12)17-11-18;1-11(2)4-10(14-9-16)5-12(3,6-11)7-13-8-15;1-7-4-8(10-5-12)2-3-9(7)11-6-13;9-7-12-6-4-2-1-3-5-10-8-11/h2*1-8H,9H2;10H,4-7H2,1-3H3;2-4H,1H3;1-6H2. The number of aryl methyl sites for hydroxylation is 1. The average Bonchev–Trinajstić information content (AvgIpc) is 3.46. The maximum atomic E-state index is 10.3. The number of benzene rings is 5. The van der Waals surface area contributed by atoms with Gasteiger partial charge in [0.25, 0.3) is 18.8 Å². The van der Waals surface area contributed by atoms with Crippen molar-refractivity contribution in [1.82, 2.24) is 0 Å². The Labute approximate surface area is 457 Å². The molecule has 1 fully saturated rings. The highest BCUT2D eigenvalue weighted by Crippen LogP contribution is 2.47. The minimum absolute atomic E-state index is 0.00750. The molecule has 79 heavy (non-hydrogen) atoms. The Bertz CT molecular complexity index is 3060. The van der Waals surface area contributed by atoms with Crippen LogP contribution in [0.15, 0.2) is 150 Å². The van der Waals surface area contributed by atoms with Gasteiger partial charge in [-0.2, -0.15) is 25.2 Å². The molecule has 0 aromatic heterocycles. The minimum Gasteiger partial charge on any atom is -0.428 e. The molecule has 1 aliphatic carbocycles. The van der Waals surface area contributed by atoms with Gasteiger partial charge in [-0.05, 0) is 164 Å². The van der Waals surface area contributed by atoms with E-state index in [-0.39, 0.29) is 16.9 Å². The third-order valence-electron chi connectivity index (χ3n) is 11.3. The summed E-state index contributed by atoms with van der Waals surface area (Å²) < 4.78 is 13.9. The summed E-state index contributed by atoms with van der Waals surface area (Å²) in [5.41, 5.74) is 7.47. The Morgan fingerprint density at radius 3 is 1.39 bits per heavy atom. The fraction of sp³-hybridized carbons (Fsp3) is 0.322. The monoisotopic (exact) mass is 1060 g/mol. The molecular weight excluding hydrogens is 1010 g/mol. The van der Waals surface area contributed by atoms with Crippen LogP contribution >= 0.6 is 0 Å². The third kappa shape index (κ3) is 28.2. The summed E-state index contributed by atoms with van der Waals surface area (Å²) in [7, 11) is 0. The van der Waals surface area contributed by atoms with Crippen LogP contribution in [-0.4, -0.2) is 68.3 Å². The van der Waals surface area contributed by atoms with Crippen molar-refractivity contribution < 1.29 is 47.8 Å². The summed E-state index contributed by atoms with van der Waals surface area (Å²) in [6.07, 6.45) is 23.5. The van der Waals surface area contributed by atoms with E-state index in [0.717, 1.165) is 85.6 Å². The molecule has 402 valence electrons. The van der Waals surface area contributed by atoms with Crippen molar-refractivity contribution in [3.8, 4) is 30.3 Å². The number of aliphatic imine (C=N–C) groups is 7. The normalized spacial score (nSPS) is 13.6. The maximum absolute atomic E-state index is 10.3. The molecule has 0 bridgehead atoms. The predicted octanol–water partition coefficient (Wildman–Crippen LogP) is 11.8. The highest BCUT2D eigenvalue weighted by molar-refractivity contribution is 5.60. The lowest BCUT2D eigenvalue weighted by Gasteiger charge is -2.44. The van der Waals surface area contributed by atoms with Crippen LogP contribution in [0.5, 0.6) is 11.5 Å². The van der Waals surface area contributed by atoms with Crippen molar-refractivity contribution in [1.29, 1.82) is 15.8 Å². The van der Waals surface area contributed by atoms with Gasteiger partial charge in [0.1, 0.15) is 18.1 Å². The number of unbranched alkanes of at least 4 members (excludes halogenated alkanes) is 3. The molecule has 5 aromatic rings. The summed E-state index contributed by atoms with van der Waals surface area (Å²) in [5, 5.41) is 24.8. The van der Waals surface area contributed by atoms with Gasteiger partial charge < -0.3 is 14.2 Å². The predicted molar refractivity (Wildman–Crippen MR) is 290 cm³/mol. The Balaban J connectivity index is 0.000000342. The SMILES string of the molecule is CC1(C)CC(N=C=O)CC(C)(CN=C=O)C1.Cc1cc(N=C=O)ccc1N=C=O.N#COCCCCCCN=C=O.N#COc1ccc(Cc2ccc(N=C=O)cc2)cc1.N#COc1ccc(Cc2ccc(N=C=O)cc2)cc1. The van der Waals surface area contributed by atoms with Gasteiger partial charge >= 0.3 is 0 Å². The molecule has 0 amide bonds. The lowest BCUT2D eigenvalue weighted by Crippen LogP contribution is -2.39. The third-order valence-corrected chi connectivity index (χ3v) is 11.3. The molecule has 2 unspecified atom stereocenters. The van der Waals surface area contributed by atoms with Gasteiger partial charge in [-0.3, -0.25) is 0 Å². The molecule has 5 aromatic carbocycles. The molecule has 2 atom stereocenters. The second-order valence-electron chi connectivity index (χ2n) is 18.3. The molecule has 0 spiro atoms. The van der Waals surface area contributed by atoms with Crippen molar-refractivity contribution in [2.24, 2.45) is 45.8 Å². The van der Waals surface area contributed by atoms with Gasteiger partial charge in [0.15, 0.2) is 0 Å². The second-order valence-corrected chi connectivity index (χ2v) is 18.3. The van der Waals surface area contributed by atoms with Crippen molar-refractivity contribution in [2.45, 2.75) is 91.5 Å². The molecule has 0 aliphatic heterocycles. The summed E-state index contributed by atoms with van der Waals surface area (Å²) in [4.78, 5) is 95.1. The van der Waals surface area contributed by atoms with Crippen LogP contribution in [-0.2, 0) is 51.1 Å². The first-order chi connectivity index (χ1) is 38.2. The number of nitrogens with zero attached hydrogens (tertiary/aromatic N) is 10. The van der Waals surface area contributed by atoms with E-state index in [0.29, 0.717) is 53.9 Å². The minimum atomic E-state index is -0.0653. The number of carbonyl (C=O) groups excluding carboxylic acids is 7. The number of rotatable bonds is 20. The fourth-order valence-electron chi connectivity index (χ4n) is 8.24.